The van der Waals surface area contributed by atoms with Gasteiger partial charge in [-0.15, -0.1) is 0 Å². The molecule has 0 atom stereocenters. The molecule has 0 saturated carbocycles. The highest BCUT2D eigenvalue weighted by Gasteiger charge is 2.30. The molecule has 3 rings (SSSR count). The molecule has 0 aromatic heterocycles. The normalized spacial score (nSPS) is 10.8. The summed E-state index contributed by atoms with van der Waals surface area (Å²) in [5, 5.41) is 19.9. The van der Waals surface area contributed by atoms with Crippen LogP contribution in [0.3, 0.4) is 0 Å². The molecule has 3 aromatic rings. The van der Waals surface area contributed by atoms with Gasteiger partial charge in [0.1, 0.15) is 23.0 Å². The van der Waals surface area contributed by atoms with Gasteiger partial charge >= 0.3 is 0 Å². The largest absolute Gasteiger partial charge is 0.495 e. The number of nitro groups is 1. The van der Waals surface area contributed by atoms with E-state index in [0.717, 1.165) is 16.4 Å². The van der Waals surface area contributed by atoms with Crippen LogP contribution in [0.4, 0.5) is 11.4 Å². The summed E-state index contributed by atoms with van der Waals surface area (Å²) in [6.07, 6.45) is 0. The van der Waals surface area contributed by atoms with Crippen molar-refractivity contribution in [1.82, 2.24) is 0 Å². The molecule has 0 aliphatic heterocycles. The molecule has 0 saturated heterocycles. The number of benzene rings is 3. The third-order valence-corrected chi connectivity index (χ3v) is 6.89. The van der Waals surface area contributed by atoms with Crippen molar-refractivity contribution in [3.05, 3.63) is 87.4 Å². The van der Waals surface area contributed by atoms with Crippen LogP contribution in [0.5, 0.6) is 11.5 Å². The summed E-state index contributed by atoms with van der Waals surface area (Å²) < 4.78 is 39.2. The second kappa shape index (κ2) is 10.2. The number of anilines is 1. The zero-order valence-corrected chi connectivity index (χ0v) is 18.9. The maximum Gasteiger partial charge on any atom is 0.270 e. The molecule has 0 N–H and O–H groups in total. The lowest BCUT2D eigenvalue weighted by Crippen LogP contribution is -2.35. The average Bonchev–Trinajstić information content (AvgIpc) is 2.82. The maximum absolute atomic E-state index is 13.6. The van der Waals surface area contributed by atoms with E-state index < -0.39 is 25.5 Å². The molecule has 170 valence electrons. The maximum atomic E-state index is 13.6. The minimum atomic E-state index is -4.34. The molecule has 0 fully saturated rings. The van der Waals surface area contributed by atoms with Gasteiger partial charge in [0, 0.05) is 12.1 Å². The number of rotatable bonds is 9. The first-order valence-corrected chi connectivity index (χ1v) is 11.3. The predicted octanol–water partition coefficient (Wildman–Crippen LogP) is 4.40. The number of nitrogens with zero attached hydrogens (tertiary/aromatic N) is 3. The van der Waals surface area contributed by atoms with Crippen LogP contribution in [-0.4, -0.2) is 33.6 Å². The Bertz CT molecular complexity index is 1310. The van der Waals surface area contributed by atoms with Gasteiger partial charge in [-0.3, -0.25) is 14.4 Å². The van der Waals surface area contributed by atoms with Gasteiger partial charge in [-0.05, 0) is 42.5 Å². The van der Waals surface area contributed by atoms with Crippen LogP contribution in [0.25, 0.3) is 0 Å². The van der Waals surface area contributed by atoms with E-state index in [1.54, 1.807) is 48.5 Å². The second-order valence-electron chi connectivity index (χ2n) is 6.61. The van der Waals surface area contributed by atoms with Crippen molar-refractivity contribution in [3.8, 4) is 17.6 Å². The van der Waals surface area contributed by atoms with Crippen molar-refractivity contribution in [2.75, 3.05) is 24.6 Å². The summed E-state index contributed by atoms with van der Waals surface area (Å²) in [5.74, 6) is 0.723. The molecule has 11 heteroatoms. The van der Waals surface area contributed by atoms with Gasteiger partial charge in [-0.1, -0.05) is 23.7 Å². The molecule has 0 amide bonds. The van der Waals surface area contributed by atoms with Crippen molar-refractivity contribution < 1.29 is 22.8 Å². The van der Waals surface area contributed by atoms with E-state index in [1.165, 1.54) is 13.2 Å². The van der Waals surface area contributed by atoms with E-state index in [-0.39, 0.29) is 29.6 Å². The first-order chi connectivity index (χ1) is 15.8. The Labute approximate surface area is 195 Å². The van der Waals surface area contributed by atoms with Crippen LogP contribution < -0.4 is 13.8 Å². The topological polar surface area (TPSA) is 123 Å². The lowest BCUT2D eigenvalue weighted by molar-refractivity contribution is -0.385. The molecule has 0 unspecified atom stereocenters. The Kier molecular flexibility index (Phi) is 7.37. The van der Waals surface area contributed by atoms with Crippen LogP contribution in [0.1, 0.15) is 5.56 Å². The van der Waals surface area contributed by atoms with E-state index in [4.69, 9.17) is 26.3 Å². The highest BCUT2D eigenvalue weighted by atomic mass is 35.5. The monoisotopic (exact) mass is 487 g/mol. The van der Waals surface area contributed by atoms with Crippen molar-refractivity contribution >= 4 is 33.0 Å². The van der Waals surface area contributed by atoms with Crippen LogP contribution in [-0.2, 0) is 10.0 Å². The van der Waals surface area contributed by atoms with Gasteiger partial charge < -0.3 is 9.47 Å². The van der Waals surface area contributed by atoms with Gasteiger partial charge in [0.2, 0.25) is 0 Å². The molecule has 0 bridgehead atoms. The van der Waals surface area contributed by atoms with E-state index in [1.807, 2.05) is 6.07 Å². The number of non-ortho nitro benzene ring substituents is 1. The average molecular weight is 488 g/mol. The number of nitriles is 1. The summed E-state index contributed by atoms with van der Waals surface area (Å²) in [4.78, 5) is 10.1. The molecule has 33 heavy (non-hydrogen) atoms. The lowest BCUT2D eigenvalue weighted by atomic mass is 10.2. The fraction of sp³-hybridized carbons (Fsp3) is 0.136. The SMILES string of the molecule is COc1ccccc1N(CCOc1ccc(C#N)cc1)S(=O)(=O)c1cc([N+](=O)[O-])ccc1Cl. The number of hydrogen-bond donors (Lipinski definition) is 0. The van der Waals surface area contributed by atoms with Gasteiger partial charge in [0.05, 0.1) is 40.9 Å². The highest BCUT2D eigenvalue weighted by Crippen LogP contribution is 2.35. The zero-order chi connectivity index (χ0) is 24.0. The van der Waals surface area contributed by atoms with Crippen LogP contribution in [0.2, 0.25) is 5.02 Å². The summed E-state index contributed by atoms with van der Waals surface area (Å²) in [5.41, 5.74) is 0.263. The molecule has 0 spiro atoms. The first kappa shape index (κ1) is 23.8. The number of methoxy groups -OCH3 is 1. The van der Waals surface area contributed by atoms with E-state index in [9.17, 15) is 18.5 Å². The Morgan fingerprint density at radius 3 is 2.45 bits per heavy atom. The van der Waals surface area contributed by atoms with Gasteiger partial charge in [-0.25, -0.2) is 8.42 Å². The smallest absolute Gasteiger partial charge is 0.270 e. The molecule has 0 radical (unpaired) electrons. The van der Waals surface area contributed by atoms with Crippen LogP contribution in [0, 0.1) is 21.4 Å². The minimum absolute atomic E-state index is 0.0598. The molecule has 0 aliphatic carbocycles. The third kappa shape index (κ3) is 5.34. The Morgan fingerprint density at radius 2 is 1.82 bits per heavy atom. The summed E-state index contributed by atoms with van der Waals surface area (Å²) in [6, 6.07) is 18.0. The Balaban J connectivity index is 1.99. The molecule has 0 heterocycles. The van der Waals surface area contributed by atoms with Crippen LogP contribution >= 0.6 is 11.6 Å². The number of hydrogen-bond acceptors (Lipinski definition) is 7. The fourth-order valence-electron chi connectivity index (χ4n) is 3.00. The third-order valence-electron chi connectivity index (χ3n) is 4.59. The van der Waals surface area contributed by atoms with Gasteiger partial charge in [0.25, 0.3) is 15.7 Å². The van der Waals surface area contributed by atoms with Crippen molar-refractivity contribution in [1.29, 1.82) is 5.26 Å². The standard InChI is InChI=1S/C22H18ClN3O6S/c1-31-21-5-3-2-4-20(21)25(12-13-32-18-9-6-16(15-24)7-10-18)33(29,30)22-14-17(26(27)28)8-11-19(22)23/h2-11,14H,12-13H2,1H3. The Morgan fingerprint density at radius 1 is 1.12 bits per heavy atom. The summed E-state index contributed by atoms with van der Waals surface area (Å²) in [6.45, 7) is -0.211. The van der Waals surface area contributed by atoms with Gasteiger partial charge in [-0.2, -0.15) is 5.26 Å². The molecular formula is C22H18ClN3O6S. The minimum Gasteiger partial charge on any atom is -0.495 e. The number of halogens is 1. The molecule has 9 nitrogen and oxygen atoms in total. The van der Waals surface area contributed by atoms with Crippen LogP contribution in [0.15, 0.2) is 71.6 Å². The van der Waals surface area contributed by atoms with E-state index in [0.29, 0.717) is 11.3 Å². The Hall–Kier alpha value is -3.81. The fourth-order valence-corrected chi connectivity index (χ4v) is 4.96. The predicted molar refractivity (Wildman–Crippen MR) is 122 cm³/mol. The number of sulfonamides is 1. The zero-order valence-electron chi connectivity index (χ0n) is 17.3. The number of ether oxygens (including phenoxy) is 2. The summed E-state index contributed by atoms with van der Waals surface area (Å²) >= 11 is 6.13. The van der Waals surface area contributed by atoms with Gasteiger partial charge in [0.15, 0.2) is 0 Å². The van der Waals surface area contributed by atoms with Crippen molar-refractivity contribution in [2.24, 2.45) is 0 Å². The molecule has 3 aromatic carbocycles. The molecule has 0 aliphatic rings. The van der Waals surface area contributed by atoms with E-state index in [2.05, 4.69) is 0 Å². The number of para-hydroxylation sites is 2. The molecular weight excluding hydrogens is 470 g/mol. The number of nitro benzene ring substituents is 1. The van der Waals surface area contributed by atoms with E-state index >= 15 is 0 Å². The highest BCUT2D eigenvalue weighted by molar-refractivity contribution is 7.93. The lowest BCUT2D eigenvalue weighted by Gasteiger charge is -2.26. The summed E-state index contributed by atoms with van der Waals surface area (Å²) in [7, 11) is -2.94. The first-order valence-electron chi connectivity index (χ1n) is 9.50. The second-order valence-corrected chi connectivity index (χ2v) is 8.84. The van der Waals surface area contributed by atoms with Crippen molar-refractivity contribution in [3.63, 3.8) is 0 Å². The quantitative estimate of drug-likeness (QED) is 0.323. The van der Waals surface area contributed by atoms with Crippen molar-refractivity contribution in [2.45, 2.75) is 4.90 Å².